The molecule has 0 atom stereocenters. The lowest BCUT2D eigenvalue weighted by Crippen LogP contribution is -2.35. The minimum Gasteiger partial charge on any atom is -0.497 e. The standard InChI is InChI=1S/C25H28N2O4/c1-17-4-6-19(7-5-17)23-16-24(25(29)14-12-22(13-15-25)31-18(2)28)26-27(23)20-8-10-21(30-3)11-9-20/h4-11,16,22,29H,12-15H2,1-3H3. The van der Waals surface area contributed by atoms with Crippen LogP contribution in [0.3, 0.4) is 0 Å². The van der Waals surface area contributed by atoms with Crippen LogP contribution >= 0.6 is 0 Å². The van der Waals surface area contributed by atoms with E-state index in [1.54, 1.807) is 7.11 Å². The van der Waals surface area contributed by atoms with Gasteiger partial charge in [0.2, 0.25) is 0 Å². The molecule has 1 aromatic heterocycles. The summed E-state index contributed by atoms with van der Waals surface area (Å²) >= 11 is 0. The fraction of sp³-hybridized carbons (Fsp3) is 0.360. The first-order valence-corrected chi connectivity index (χ1v) is 10.6. The number of hydrogen-bond donors (Lipinski definition) is 1. The van der Waals surface area contributed by atoms with Crippen molar-refractivity contribution < 1.29 is 19.4 Å². The summed E-state index contributed by atoms with van der Waals surface area (Å²) in [6.45, 7) is 3.48. The summed E-state index contributed by atoms with van der Waals surface area (Å²) in [5.41, 5.74) is 3.60. The van der Waals surface area contributed by atoms with Crippen LogP contribution in [-0.2, 0) is 15.1 Å². The van der Waals surface area contributed by atoms with Crippen LogP contribution in [0.15, 0.2) is 54.6 Å². The van der Waals surface area contributed by atoms with Gasteiger partial charge in [-0.1, -0.05) is 29.8 Å². The summed E-state index contributed by atoms with van der Waals surface area (Å²) in [5, 5.41) is 16.3. The summed E-state index contributed by atoms with van der Waals surface area (Å²) in [5.74, 6) is 0.497. The van der Waals surface area contributed by atoms with E-state index in [2.05, 4.69) is 31.2 Å². The van der Waals surface area contributed by atoms with Gasteiger partial charge in [-0.2, -0.15) is 5.10 Å². The van der Waals surface area contributed by atoms with Gasteiger partial charge < -0.3 is 14.6 Å². The number of esters is 1. The Labute approximate surface area is 182 Å². The normalized spacial score (nSPS) is 21.0. The van der Waals surface area contributed by atoms with Gasteiger partial charge in [-0.3, -0.25) is 4.79 Å². The van der Waals surface area contributed by atoms with Gasteiger partial charge >= 0.3 is 5.97 Å². The fourth-order valence-corrected chi connectivity index (χ4v) is 4.14. The van der Waals surface area contributed by atoms with Crippen LogP contribution in [0.25, 0.3) is 16.9 Å². The molecule has 1 fully saturated rings. The van der Waals surface area contributed by atoms with Crippen molar-refractivity contribution in [3.05, 3.63) is 65.9 Å². The van der Waals surface area contributed by atoms with Crippen LogP contribution in [0.5, 0.6) is 5.75 Å². The molecule has 0 radical (unpaired) electrons. The van der Waals surface area contributed by atoms with Crippen molar-refractivity contribution in [3.8, 4) is 22.7 Å². The minimum atomic E-state index is -1.05. The number of nitrogens with zero attached hydrogens (tertiary/aromatic N) is 2. The number of aryl methyl sites for hydroxylation is 1. The number of carbonyl (C=O) groups excluding carboxylic acids is 1. The zero-order valence-corrected chi connectivity index (χ0v) is 18.2. The monoisotopic (exact) mass is 420 g/mol. The molecule has 1 aliphatic rings. The van der Waals surface area contributed by atoms with Crippen LogP contribution in [0, 0.1) is 6.92 Å². The molecular formula is C25H28N2O4. The highest BCUT2D eigenvalue weighted by atomic mass is 16.5. The molecule has 4 rings (SSSR count). The highest BCUT2D eigenvalue weighted by Crippen LogP contribution is 2.39. The lowest BCUT2D eigenvalue weighted by Gasteiger charge is -2.34. The van der Waals surface area contributed by atoms with Crippen LogP contribution in [0.4, 0.5) is 0 Å². The maximum atomic E-state index is 11.4. The number of aliphatic hydroxyl groups is 1. The molecule has 6 heteroatoms. The van der Waals surface area contributed by atoms with Crippen molar-refractivity contribution >= 4 is 5.97 Å². The number of aromatic nitrogens is 2. The fourth-order valence-electron chi connectivity index (χ4n) is 4.14. The topological polar surface area (TPSA) is 73.6 Å². The molecule has 0 bridgehead atoms. The van der Waals surface area contributed by atoms with Gasteiger partial charge in [0.05, 0.1) is 24.2 Å². The van der Waals surface area contributed by atoms with E-state index in [1.807, 2.05) is 35.0 Å². The Morgan fingerprint density at radius 1 is 1.10 bits per heavy atom. The van der Waals surface area contributed by atoms with Gasteiger partial charge in [0.25, 0.3) is 0 Å². The van der Waals surface area contributed by atoms with Crippen molar-refractivity contribution in [1.29, 1.82) is 0 Å². The van der Waals surface area contributed by atoms with Crippen LogP contribution < -0.4 is 4.74 Å². The lowest BCUT2D eigenvalue weighted by atomic mass is 9.81. The van der Waals surface area contributed by atoms with E-state index in [9.17, 15) is 9.90 Å². The van der Waals surface area contributed by atoms with E-state index in [0.717, 1.165) is 22.7 Å². The SMILES string of the molecule is COc1ccc(-n2nc(C3(O)CCC(OC(C)=O)CC3)cc2-c2ccc(C)cc2)cc1. The molecule has 162 valence electrons. The molecule has 1 saturated carbocycles. The van der Waals surface area contributed by atoms with Crippen LogP contribution in [0.2, 0.25) is 0 Å². The van der Waals surface area contributed by atoms with Gasteiger partial charge in [0, 0.05) is 12.5 Å². The highest BCUT2D eigenvalue weighted by Gasteiger charge is 2.38. The molecule has 0 unspecified atom stereocenters. The van der Waals surface area contributed by atoms with E-state index < -0.39 is 5.60 Å². The Balaban J connectivity index is 1.71. The summed E-state index contributed by atoms with van der Waals surface area (Å²) in [7, 11) is 1.64. The average Bonchev–Trinajstić information content (AvgIpc) is 3.22. The molecule has 1 N–H and O–H groups in total. The Kier molecular flexibility index (Phi) is 5.83. The highest BCUT2D eigenvalue weighted by molar-refractivity contribution is 5.66. The van der Waals surface area contributed by atoms with Crippen LogP contribution in [-0.4, -0.2) is 34.1 Å². The summed E-state index contributed by atoms with van der Waals surface area (Å²) in [6, 6.07) is 17.9. The molecular weight excluding hydrogens is 392 g/mol. The Bertz CT molecular complexity index is 1050. The second-order valence-electron chi connectivity index (χ2n) is 8.23. The largest absolute Gasteiger partial charge is 0.497 e. The molecule has 2 aromatic carbocycles. The zero-order valence-electron chi connectivity index (χ0n) is 18.2. The van der Waals surface area contributed by atoms with Gasteiger partial charge in [-0.15, -0.1) is 0 Å². The maximum Gasteiger partial charge on any atom is 0.302 e. The third-order valence-electron chi connectivity index (χ3n) is 5.94. The first-order chi connectivity index (χ1) is 14.9. The Morgan fingerprint density at radius 2 is 1.74 bits per heavy atom. The van der Waals surface area contributed by atoms with Gasteiger partial charge in [-0.25, -0.2) is 4.68 Å². The summed E-state index contributed by atoms with van der Waals surface area (Å²) < 4.78 is 12.5. The molecule has 0 saturated heterocycles. The van der Waals surface area contributed by atoms with E-state index in [1.165, 1.54) is 12.5 Å². The van der Waals surface area contributed by atoms with E-state index in [-0.39, 0.29) is 12.1 Å². The zero-order chi connectivity index (χ0) is 22.0. The first-order valence-electron chi connectivity index (χ1n) is 10.6. The number of benzene rings is 2. The van der Waals surface area contributed by atoms with Crippen molar-refractivity contribution in [1.82, 2.24) is 9.78 Å². The Hall–Kier alpha value is -3.12. The summed E-state index contributed by atoms with van der Waals surface area (Å²) in [6.07, 6.45) is 2.09. The second kappa shape index (κ2) is 8.55. The maximum absolute atomic E-state index is 11.4. The molecule has 31 heavy (non-hydrogen) atoms. The number of carbonyl (C=O) groups is 1. The van der Waals surface area contributed by atoms with Gasteiger partial charge in [-0.05, 0) is 62.9 Å². The lowest BCUT2D eigenvalue weighted by molar-refractivity contribution is -0.151. The molecule has 6 nitrogen and oxygen atoms in total. The predicted molar refractivity (Wildman–Crippen MR) is 118 cm³/mol. The van der Waals surface area contributed by atoms with Crippen molar-refractivity contribution in [2.75, 3.05) is 7.11 Å². The third-order valence-corrected chi connectivity index (χ3v) is 5.94. The second-order valence-corrected chi connectivity index (χ2v) is 8.23. The number of methoxy groups -OCH3 is 1. The van der Waals surface area contributed by atoms with Crippen molar-refractivity contribution in [3.63, 3.8) is 0 Å². The third kappa shape index (κ3) is 4.49. The average molecular weight is 421 g/mol. The van der Waals surface area contributed by atoms with E-state index in [4.69, 9.17) is 14.6 Å². The first kappa shape index (κ1) is 21.1. The molecule has 3 aromatic rings. The Morgan fingerprint density at radius 3 is 2.32 bits per heavy atom. The van der Waals surface area contributed by atoms with Crippen molar-refractivity contribution in [2.45, 2.75) is 51.2 Å². The number of rotatable bonds is 5. The van der Waals surface area contributed by atoms with E-state index in [0.29, 0.717) is 31.4 Å². The molecule has 0 amide bonds. The number of hydrogen-bond acceptors (Lipinski definition) is 5. The molecule has 0 spiro atoms. The molecule has 1 aliphatic carbocycles. The van der Waals surface area contributed by atoms with Gasteiger partial charge in [0.15, 0.2) is 0 Å². The summed E-state index contributed by atoms with van der Waals surface area (Å²) in [4.78, 5) is 11.3. The molecule has 1 heterocycles. The molecule has 0 aliphatic heterocycles. The van der Waals surface area contributed by atoms with Gasteiger partial charge in [0.1, 0.15) is 17.5 Å². The quantitative estimate of drug-likeness (QED) is 0.613. The number of ether oxygens (including phenoxy) is 2. The van der Waals surface area contributed by atoms with Crippen LogP contribution in [0.1, 0.15) is 43.9 Å². The predicted octanol–water partition coefficient (Wildman–Crippen LogP) is 4.55. The smallest absolute Gasteiger partial charge is 0.302 e. The minimum absolute atomic E-state index is 0.141. The van der Waals surface area contributed by atoms with E-state index >= 15 is 0 Å². The van der Waals surface area contributed by atoms with Crippen molar-refractivity contribution in [2.24, 2.45) is 0 Å².